The molecular weight excluding hydrogens is 390 g/mol. The Bertz CT molecular complexity index is 640. The largest absolute Gasteiger partial charge is 0.457 e. The predicted octanol–water partition coefficient (Wildman–Crippen LogP) is 5.27. The first-order chi connectivity index (χ1) is 11.1. The van der Waals surface area contributed by atoms with Gasteiger partial charge in [0, 0.05) is 0 Å². The SMILES string of the molecule is C#CC(OC(=O)C1C(C=C(Cl)Cl)C1(C)C)C(C)=CC(F)(F)C(F)(F)F. The highest BCUT2D eigenvalue weighted by Crippen LogP contribution is 2.60. The molecule has 3 unspecified atom stereocenters. The molecule has 9 heteroatoms. The number of rotatable bonds is 5. The highest BCUT2D eigenvalue weighted by Gasteiger charge is 2.62. The number of hydrogen-bond acceptors (Lipinski definition) is 2. The number of allylic oxidation sites excluding steroid dienone is 2. The summed E-state index contributed by atoms with van der Waals surface area (Å²) in [6.07, 6.45) is -1.24. The Balaban J connectivity index is 2.92. The molecule has 1 aliphatic rings. The van der Waals surface area contributed by atoms with Crippen molar-refractivity contribution in [2.24, 2.45) is 17.3 Å². The second kappa shape index (κ2) is 7.16. The summed E-state index contributed by atoms with van der Waals surface area (Å²) < 4.78 is 67.8. The molecule has 0 aromatic rings. The maximum absolute atomic E-state index is 13.1. The topological polar surface area (TPSA) is 26.3 Å². The van der Waals surface area contributed by atoms with Gasteiger partial charge >= 0.3 is 18.1 Å². The summed E-state index contributed by atoms with van der Waals surface area (Å²) in [7, 11) is 0. The Kier molecular flexibility index (Phi) is 6.24. The van der Waals surface area contributed by atoms with Crippen LogP contribution >= 0.6 is 23.2 Å². The van der Waals surface area contributed by atoms with Gasteiger partial charge in [-0.1, -0.05) is 43.0 Å². The van der Waals surface area contributed by atoms with Crippen molar-refractivity contribution in [3.8, 4) is 12.3 Å². The van der Waals surface area contributed by atoms with Gasteiger partial charge in [0.1, 0.15) is 4.49 Å². The van der Waals surface area contributed by atoms with Crippen LogP contribution < -0.4 is 0 Å². The van der Waals surface area contributed by atoms with Gasteiger partial charge in [0.15, 0.2) is 6.10 Å². The molecule has 0 radical (unpaired) electrons. The van der Waals surface area contributed by atoms with Gasteiger partial charge in [0.2, 0.25) is 0 Å². The van der Waals surface area contributed by atoms with E-state index in [1.807, 2.05) is 5.92 Å². The number of halogens is 7. The molecule has 0 bridgehead atoms. The Morgan fingerprint density at radius 3 is 2.20 bits per heavy atom. The average Bonchev–Trinajstić information content (AvgIpc) is 2.94. The van der Waals surface area contributed by atoms with Crippen molar-refractivity contribution in [3.63, 3.8) is 0 Å². The Morgan fingerprint density at radius 2 is 1.80 bits per heavy atom. The van der Waals surface area contributed by atoms with Gasteiger partial charge in [0.25, 0.3) is 0 Å². The van der Waals surface area contributed by atoms with Crippen molar-refractivity contribution < 1.29 is 31.5 Å². The molecule has 0 aliphatic heterocycles. The molecule has 0 saturated heterocycles. The van der Waals surface area contributed by atoms with E-state index < -0.39 is 41.1 Å². The monoisotopic (exact) mass is 404 g/mol. The Labute approximate surface area is 152 Å². The number of esters is 1. The second-order valence-corrected chi connectivity index (χ2v) is 7.28. The lowest BCUT2D eigenvalue weighted by atomic mass is 10.1. The fourth-order valence-electron chi connectivity index (χ4n) is 2.47. The minimum absolute atomic E-state index is 0.0530. The van der Waals surface area contributed by atoms with Gasteiger partial charge in [0.05, 0.1) is 5.92 Å². The van der Waals surface area contributed by atoms with Crippen molar-refractivity contribution in [1.29, 1.82) is 0 Å². The summed E-state index contributed by atoms with van der Waals surface area (Å²) in [5.74, 6) is -5.07. The zero-order chi connectivity index (χ0) is 19.8. The number of alkyl halides is 5. The van der Waals surface area contributed by atoms with Crippen LogP contribution in [0, 0.1) is 29.6 Å². The van der Waals surface area contributed by atoms with E-state index in [-0.39, 0.29) is 16.5 Å². The molecule has 0 amide bonds. The molecule has 3 atom stereocenters. The van der Waals surface area contributed by atoms with Crippen molar-refractivity contribution in [3.05, 3.63) is 22.2 Å². The smallest absolute Gasteiger partial charge is 0.444 e. The Morgan fingerprint density at radius 1 is 1.28 bits per heavy atom. The van der Waals surface area contributed by atoms with E-state index in [1.54, 1.807) is 13.8 Å². The van der Waals surface area contributed by atoms with Gasteiger partial charge in [-0.3, -0.25) is 4.79 Å². The molecule has 0 heterocycles. The number of carbonyl (C=O) groups excluding carboxylic acids is 1. The first-order valence-corrected chi connectivity index (χ1v) is 7.74. The summed E-state index contributed by atoms with van der Waals surface area (Å²) in [6, 6.07) is 0. The van der Waals surface area contributed by atoms with Gasteiger partial charge < -0.3 is 4.74 Å². The zero-order valence-electron chi connectivity index (χ0n) is 13.4. The lowest BCUT2D eigenvalue weighted by molar-refractivity contribution is -0.259. The third kappa shape index (κ3) is 4.89. The lowest BCUT2D eigenvalue weighted by Gasteiger charge is -2.19. The van der Waals surface area contributed by atoms with Gasteiger partial charge in [-0.05, 0) is 36.0 Å². The second-order valence-electron chi connectivity index (χ2n) is 6.27. The molecule has 1 aliphatic carbocycles. The van der Waals surface area contributed by atoms with Crippen molar-refractivity contribution in [1.82, 2.24) is 0 Å². The van der Waals surface area contributed by atoms with Crippen molar-refractivity contribution >= 4 is 29.2 Å². The molecule has 1 fully saturated rings. The third-order valence-electron chi connectivity index (χ3n) is 4.06. The maximum atomic E-state index is 13.1. The van der Waals surface area contributed by atoms with Crippen LogP contribution in [0.3, 0.4) is 0 Å². The van der Waals surface area contributed by atoms with Crippen LogP contribution in [0.5, 0.6) is 0 Å². The molecule has 140 valence electrons. The van der Waals surface area contributed by atoms with Crippen LogP contribution in [-0.4, -0.2) is 24.2 Å². The Hall–Kier alpha value is -1.26. The van der Waals surface area contributed by atoms with E-state index in [2.05, 4.69) is 0 Å². The van der Waals surface area contributed by atoms with Crippen LogP contribution in [0.4, 0.5) is 22.0 Å². The number of terminal acetylenes is 1. The molecule has 2 nitrogen and oxygen atoms in total. The first-order valence-electron chi connectivity index (χ1n) is 6.98. The maximum Gasteiger partial charge on any atom is 0.457 e. The van der Waals surface area contributed by atoms with E-state index in [1.165, 1.54) is 6.08 Å². The van der Waals surface area contributed by atoms with E-state index in [0.29, 0.717) is 0 Å². The summed E-state index contributed by atoms with van der Waals surface area (Å²) in [4.78, 5) is 12.2. The minimum atomic E-state index is -5.77. The quantitative estimate of drug-likeness (QED) is 0.270. The first kappa shape index (κ1) is 21.8. The summed E-state index contributed by atoms with van der Waals surface area (Å²) in [5, 5.41) is 0. The van der Waals surface area contributed by atoms with Crippen LogP contribution in [0.2, 0.25) is 0 Å². The predicted molar refractivity (Wildman–Crippen MR) is 84.0 cm³/mol. The fraction of sp³-hybridized carbons (Fsp3) is 0.562. The molecule has 25 heavy (non-hydrogen) atoms. The normalized spacial score (nSPS) is 24.1. The number of ether oxygens (including phenoxy) is 1. The van der Waals surface area contributed by atoms with Crippen molar-refractivity contribution in [2.45, 2.75) is 39.0 Å². The van der Waals surface area contributed by atoms with Crippen LogP contribution in [-0.2, 0) is 9.53 Å². The highest BCUT2D eigenvalue weighted by molar-refractivity contribution is 6.55. The molecule has 0 aromatic carbocycles. The third-order valence-corrected chi connectivity index (χ3v) is 4.31. The van der Waals surface area contributed by atoms with E-state index >= 15 is 0 Å². The average molecular weight is 405 g/mol. The molecule has 0 spiro atoms. The summed E-state index contributed by atoms with van der Waals surface area (Å²) in [5.41, 5.74) is -1.15. The number of carbonyl (C=O) groups is 1. The van der Waals surface area contributed by atoms with E-state index in [0.717, 1.165) is 6.92 Å². The minimum Gasteiger partial charge on any atom is -0.444 e. The summed E-state index contributed by atoms with van der Waals surface area (Å²) in [6.45, 7) is 4.38. The summed E-state index contributed by atoms with van der Waals surface area (Å²) >= 11 is 11.1. The molecule has 0 N–H and O–H groups in total. The van der Waals surface area contributed by atoms with Gasteiger partial charge in [-0.2, -0.15) is 22.0 Å². The van der Waals surface area contributed by atoms with E-state index in [4.69, 9.17) is 34.4 Å². The standard InChI is InChI=1S/C16H15Cl2F5O2/c1-5-10(8(2)7-15(19,20)16(21,22)23)25-13(24)12-9(6-11(17)18)14(12,3)4/h1,6-7,9-10,12H,2-4H3. The van der Waals surface area contributed by atoms with Gasteiger partial charge in [-0.25, -0.2) is 0 Å². The highest BCUT2D eigenvalue weighted by atomic mass is 35.5. The van der Waals surface area contributed by atoms with Crippen LogP contribution in [0.15, 0.2) is 22.2 Å². The van der Waals surface area contributed by atoms with Gasteiger partial charge in [-0.15, -0.1) is 6.42 Å². The molecule has 1 saturated carbocycles. The zero-order valence-corrected chi connectivity index (χ0v) is 14.9. The van der Waals surface area contributed by atoms with Crippen LogP contribution in [0.1, 0.15) is 20.8 Å². The number of hydrogen-bond donors (Lipinski definition) is 0. The van der Waals surface area contributed by atoms with E-state index in [9.17, 15) is 26.7 Å². The van der Waals surface area contributed by atoms with Crippen molar-refractivity contribution in [2.75, 3.05) is 0 Å². The van der Waals surface area contributed by atoms with Crippen LogP contribution in [0.25, 0.3) is 0 Å². The lowest BCUT2D eigenvalue weighted by Crippen LogP contribution is -2.35. The molecule has 1 rings (SSSR count). The molecular formula is C16H15Cl2F5O2. The fourth-order valence-corrected chi connectivity index (χ4v) is 2.74. The molecule has 0 aromatic heterocycles.